The first-order valence-electron chi connectivity index (χ1n) is 8.53. The van der Waals surface area contributed by atoms with Crippen LogP contribution in [0.2, 0.25) is 0 Å². The normalized spacial score (nSPS) is 13.6. The Morgan fingerprint density at radius 3 is 2.48 bits per heavy atom. The van der Waals surface area contributed by atoms with E-state index in [0.29, 0.717) is 11.3 Å². The van der Waals surface area contributed by atoms with Gasteiger partial charge in [0.15, 0.2) is 0 Å². The minimum absolute atomic E-state index is 0.0217. The molecule has 25 heavy (non-hydrogen) atoms. The molecule has 1 N–H and O–H groups in total. The summed E-state index contributed by atoms with van der Waals surface area (Å²) in [5.74, 6) is 1.18. The summed E-state index contributed by atoms with van der Waals surface area (Å²) >= 11 is 0. The predicted octanol–water partition coefficient (Wildman–Crippen LogP) is 3.14. The van der Waals surface area contributed by atoms with Gasteiger partial charge in [-0.2, -0.15) is 0 Å². The molecule has 1 aliphatic rings. The van der Waals surface area contributed by atoms with Gasteiger partial charge >= 0.3 is 0 Å². The standard InChI is InChI=1S/C20H22N2O3/c1-15-13-16(9-10-18(15)25-17-7-3-2-4-8-17)20(24)21-14-19(23)22-11-5-6-12-22/h2-4,7-10,13H,5-6,11-12,14H2,1H3,(H,21,24). The van der Waals surface area contributed by atoms with Gasteiger partial charge in [-0.1, -0.05) is 18.2 Å². The minimum atomic E-state index is -0.248. The first-order chi connectivity index (χ1) is 12.1. The molecule has 0 aromatic heterocycles. The number of rotatable bonds is 5. The lowest BCUT2D eigenvalue weighted by Crippen LogP contribution is -2.38. The first kappa shape index (κ1) is 17.0. The van der Waals surface area contributed by atoms with Crippen LogP contribution in [0.25, 0.3) is 0 Å². The fraction of sp³-hybridized carbons (Fsp3) is 0.300. The van der Waals surface area contributed by atoms with Gasteiger partial charge in [0.05, 0.1) is 6.54 Å². The highest BCUT2D eigenvalue weighted by molar-refractivity contribution is 5.96. The van der Waals surface area contributed by atoms with Gasteiger partial charge in [0.1, 0.15) is 11.5 Å². The second-order valence-corrected chi connectivity index (χ2v) is 6.17. The molecule has 1 aliphatic heterocycles. The van der Waals surface area contributed by atoms with E-state index in [1.165, 1.54) is 0 Å². The number of amides is 2. The van der Waals surface area contributed by atoms with Crippen molar-refractivity contribution in [1.29, 1.82) is 0 Å². The zero-order valence-electron chi connectivity index (χ0n) is 14.3. The molecular weight excluding hydrogens is 316 g/mol. The summed E-state index contributed by atoms with van der Waals surface area (Å²) in [6.45, 7) is 3.52. The van der Waals surface area contributed by atoms with Crippen molar-refractivity contribution in [2.45, 2.75) is 19.8 Å². The maximum atomic E-state index is 12.3. The smallest absolute Gasteiger partial charge is 0.251 e. The molecule has 2 aromatic rings. The molecule has 1 fully saturated rings. The van der Waals surface area contributed by atoms with Crippen LogP contribution in [-0.2, 0) is 4.79 Å². The Labute approximate surface area is 147 Å². The fourth-order valence-electron chi connectivity index (χ4n) is 2.86. The van der Waals surface area contributed by atoms with E-state index >= 15 is 0 Å². The maximum absolute atomic E-state index is 12.3. The first-order valence-corrected chi connectivity index (χ1v) is 8.53. The van der Waals surface area contributed by atoms with E-state index in [9.17, 15) is 9.59 Å². The van der Waals surface area contributed by atoms with Gasteiger partial charge in [-0.15, -0.1) is 0 Å². The summed E-state index contributed by atoms with van der Waals surface area (Å²) in [5.41, 5.74) is 1.38. The number of carbonyl (C=O) groups excluding carboxylic acids is 2. The van der Waals surface area contributed by atoms with Crippen molar-refractivity contribution in [1.82, 2.24) is 10.2 Å². The number of nitrogens with one attached hydrogen (secondary N) is 1. The van der Waals surface area contributed by atoms with Gasteiger partial charge in [0, 0.05) is 18.7 Å². The molecule has 2 aromatic carbocycles. The maximum Gasteiger partial charge on any atom is 0.251 e. The Morgan fingerprint density at radius 2 is 1.80 bits per heavy atom. The molecule has 0 spiro atoms. The summed E-state index contributed by atoms with van der Waals surface area (Å²) in [7, 11) is 0. The number of carbonyl (C=O) groups is 2. The lowest BCUT2D eigenvalue weighted by Gasteiger charge is -2.15. The Balaban J connectivity index is 1.59. The number of para-hydroxylation sites is 1. The Bertz CT molecular complexity index is 753. The van der Waals surface area contributed by atoms with Crippen LogP contribution in [-0.4, -0.2) is 36.3 Å². The molecule has 0 radical (unpaired) electrons. The lowest BCUT2D eigenvalue weighted by molar-refractivity contribution is -0.129. The van der Waals surface area contributed by atoms with Gasteiger partial charge in [-0.05, 0) is 55.7 Å². The number of hydrogen-bond donors (Lipinski definition) is 1. The Morgan fingerprint density at radius 1 is 1.08 bits per heavy atom. The van der Waals surface area contributed by atoms with Crippen LogP contribution in [0.15, 0.2) is 48.5 Å². The monoisotopic (exact) mass is 338 g/mol. The molecule has 0 saturated carbocycles. The summed E-state index contributed by atoms with van der Waals surface area (Å²) < 4.78 is 5.82. The van der Waals surface area contributed by atoms with E-state index in [-0.39, 0.29) is 18.4 Å². The van der Waals surface area contributed by atoms with Crippen LogP contribution >= 0.6 is 0 Å². The van der Waals surface area contributed by atoms with Crippen LogP contribution < -0.4 is 10.1 Å². The molecule has 0 atom stereocenters. The highest BCUT2D eigenvalue weighted by Crippen LogP contribution is 2.25. The van der Waals surface area contributed by atoms with Gasteiger partial charge in [0.25, 0.3) is 5.91 Å². The quantitative estimate of drug-likeness (QED) is 0.911. The van der Waals surface area contributed by atoms with Crippen molar-refractivity contribution >= 4 is 11.8 Å². The third-order valence-corrected chi connectivity index (χ3v) is 4.27. The van der Waals surface area contributed by atoms with Crippen LogP contribution in [0, 0.1) is 6.92 Å². The summed E-state index contributed by atoms with van der Waals surface area (Å²) in [4.78, 5) is 26.1. The van der Waals surface area contributed by atoms with Crippen molar-refractivity contribution < 1.29 is 14.3 Å². The van der Waals surface area contributed by atoms with Crippen molar-refractivity contribution in [3.8, 4) is 11.5 Å². The van der Waals surface area contributed by atoms with Crippen molar-refractivity contribution in [2.75, 3.05) is 19.6 Å². The van der Waals surface area contributed by atoms with Crippen molar-refractivity contribution in [2.24, 2.45) is 0 Å². The molecule has 5 heteroatoms. The number of hydrogen-bond acceptors (Lipinski definition) is 3. The molecule has 130 valence electrons. The zero-order chi connectivity index (χ0) is 17.6. The van der Waals surface area contributed by atoms with E-state index in [2.05, 4.69) is 5.32 Å². The second-order valence-electron chi connectivity index (χ2n) is 6.17. The predicted molar refractivity (Wildman–Crippen MR) is 95.8 cm³/mol. The van der Waals surface area contributed by atoms with Gasteiger partial charge in [0.2, 0.25) is 5.91 Å². The zero-order valence-corrected chi connectivity index (χ0v) is 14.3. The molecular formula is C20H22N2O3. The average Bonchev–Trinajstić information content (AvgIpc) is 3.17. The highest BCUT2D eigenvalue weighted by Gasteiger charge is 2.18. The largest absolute Gasteiger partial charge is 0.457 e. The summed E-state index contributed by atoms with van der Waals surface area (Å²) in [6.07, 6.45) is 2.09. The van der Waals surface area contributed by atoms with Crippen LogP contribution in [0.3, 0.4) is 0 Å². The molecule has 5 nitrogen and oxygen atoms in total. The number of aryl methyl sites for hydroxylation is 1. The second kappa shape index (κ2) is 7.83. The molecule has 2 amide bonds. The minimum Gasteiger partial charge on any atom is -0.457 e. The number of likely N-dealkylation sites (tertiary alicyclic amines) is 1. The molecule has 3 rings (SSSR count). The van der Waals surface area contributed by atoms with Crippen molar-refractivity contribution in [3.63, 3.8) is 0 Å². The lowest BCUT2D eigenvalue weighted by atomic mass is 10.1. The van der Waals surface area contributed by atoms with E-state index < -0.39 is 0 Å². The number of nitrogens with zero attached hydrogens (tertiary/aromatic N) is 1. The summed E-state index contributed by atoms with van der Waals surface area (Å²) in [5, 5.41) is 2.70. The Hall–Kier alpha value is -2.82. The third kappa shape index (κ3) is 4.38. The Kier molecular flexibility index (Phi) is 5.33. The van der Waals surface area contributed by atoms with E-state index in [1.807, 2.05) is 37.3 Å². The van der Waals surface area contributed by atoms with E-state index in [0.717, 1.165) is 37.2 Å². The SMILES string of the molecule is Cc1cc(C(=O)NCC(=O)N2CCCC2)ccc1Oc1ccccc1. The third-order valence-electron chi connectivity index (χ3n) is 4.27. The summed E-state index contributed by atoms with van der Waals surface area (Å²) in [6, 6.07) is 14.8. The highest BCUT2D eigenvalue weighted by atomic mass is 16.5. The van der Waals surface area contributed by atoms with Gasteiger partial charge in [-0.3, -0.25) is 9.59 Å². The molecule has 1 saturated heterocycles. The van der Waals surface area contributed by atoms with Crippen LogP contribution in [0.1, 0.15) is 28.8 Å². The molecule has 1 heterocycles. The van der Waals surface area contributed by atoms with E-state index in [1.54, 1.807) is 23.1 Å². The van der Waals surface area contributed by atoms with Crippen molar-refractivity contribution in [3.05, 3.63) is 59.7 Å². The van der Waals surface area contributed by atoms with Gasteiger partial charge < -0.3 is 15.0 Å². The average molecular weight is 338 g/mol. The van der Waals surface area contributed by atoms with Crippen LogP contribution in [0.5, 0.6) is 11.5 Å². The van der Waals surface area contributed by atoms with Crippen LogP contribution in [0.4, 0.5) is 0 Å². The molecule has 0 bridgehead atoms. The molecule has 0 unspecified atom stereocenters. The topological polar surface area (TPSA) is 58.6 Å². The van der Waals surface area contributed by atoms with E-state index in [4.69, 9.17) is 4.74 Å². The van der Waals surface area contributed by atoms with Gasteiger partial charge in [-0.25, -0.2) is 0 Å². The fourth-order valence-corrected chi connectivity index (χ4v) is 2.86. The number of ether oxygens (including phenoxy) is 1. The molecule has 0 aliphatic carbocycles. The number of benzene rings is 2.